The van der Waals surface area contributed by atoms with Crippen LogP contribution in [-0.4, -0.2) is 33.2 Å². The van der Waals surface area contributed by atoms with Crippen molar-refractivity contribution in [2.24, 2.45) is 10.8 Å². The van der Waals surface area contributed by atoms with Gasteiger partial charge in [0.05, 0.1) is 24.3 Å². The van der Waals surface area contributed by atoms with E-state index in [2.05, 4.69) is 39.9 Å². The zero-order chi connectivity index (χ0) is 23.3. The fraction of sp³-hybridized carbons (Fsp3) is 0.414. The van der Waals surface area contributed by atoms with E-state index in [9.17, 15) is 9.59 Å². The number of amides is 1. The minimum atomic E-state index is -0.289. The highest BCUT2D eigenvalue weighted by atomic mass is 16.2. The molecule has 0 spiro atoms. The van der Waals surface area contributed by atoms with Gasteiger partial charge in [-0.05, 0) is 49.7 Å². The summed E-state index contributed by atoms with van der Waals surface area (Å²) in [5, 5.41) is 0. The van der Waals surface area contributed by atoms with Crippen molar-refractivity contribution in [1.82, 2.24) is 14.5 Å². The lowest BCUT2D eigenvalue weighted by Gasteiger charge is -2.52. The number of Topliss-reactive ketones (excluding diaryl/α,β-unsaturated/α-hetero) is 1. The Balaban J connectivity index is 1.16. The van der Waals surface area contributed by atoms with Crippen LogP contribution >= 0.6 is 0 Å². The third-order valence-electron chi connectivity index (χ3n) is 8.88. The predicted octanol–water partition coefficient (Wildman–Crippen LogP) is 5.41. The van der Waals surface area contributed by atoms with E-state index in [4.69, 9.17) is 0 Å². The Morgan fingerprint density at radius 2 is 1.59 bits per heavy atom. The average molecular weight is 454 g/mol. The summed E-state index contributed by atoms with van der Waals surface area (Å²) in [6.07, 6.45) is 9.26. The van der Waals surface area contributed by atoms with Gasteiger partial charge in [-0.3, -0.25) is 9.59 Å². The van der Waals surface area contributed by atoms with Gasteiger partial charge < -0.3 is 9.47 Å². The number of benzene rings is 2. The smallest absolute Gasteiger partial charge is 0.228 e. The number of carbonyl (C=O) groups is 2. The number of carbonyl (C=O) groups excluding carboxylic acids is 2. The van der Waals surface area contributed by atoms with Gasteiger partial charge in [-0.1, -0.05) is 54.6 Å². The second-order valence-electron chi connectivity index (χ2n) is 10.6. The monoisotopic (exact) mass is 453 g/mol. The Bertz CT molecular complexity index is 1220. The van der Waals surface area contributed by atoms with Crippen molar-refractivity contribution in [2.75, 3.05) is 7.05 Å². The van der Waals surface area contributed by atoms with Crippen LogP contribution in [0, 0.1) is 10.8 Å². The zero-order valence-corrected chi connectivity index (χ0v) is 19.7. The number of aromatic nitrogens is 2. The second kappa shape index (κ2) is 7.93. The number of hydrogen-bond acceptors (Lipinski definition) is 3. The van der Waals surface area contributed by atoms with E-state index < -0.39 is 0 Å². The maximum absolute atomic E-state index is 13.8. The fourth-order valence-corrected chi connectivity index (χ4v) is 6.79. The lowest BCUT2D eigenvalue weighted by molar-refractivity contribution is -0.156. The predicted molar refractivity (Wildman–Crippen MR) is 131 cm³/mol. The van der Waals surface area contributed by atoms with Crippen molar-refractivity contribution in [2.45, 2.75) is 57.5 Å². The van der Waals surface area contributed by atoms with Crippen molar-refractivity contribution in [1.29, 1.82) is 0 Å². The normalized spacial score (nSPS) is 26.7. The molecule has 1 aromatic heterocycles. The van der Waals surface area contributed by atoms with Crippen LogP contribution in [0.25, 0.3) is 11.3 Å². The summed E-state index contributed by atoms with van der Waals surface area (Å²) in [5.41, 5.74) is 4.12. The van der Waals surface area contributed by atoms with Crippen molar-refractivity contribution >= 4 is 11.7 Å². The highest BCUT2D eigenvalue weighted by molar-refractivity contribution is 5.89. The molecule has 0 radical (unpaired) electrons. The molecule has 3 aliphatic carbocycles. The lowest BCUT2D eigenvalue weighted by Crippen LogP contribution is -2.52. The fourth-order valence-electron chi connectivity index (χ4n) is 6.79. The molecule has 1 atom stereocenters. The minimum Gasteiger partial charge on any atom is -0.341 e. The Morgan fingerprint density at radius 3 is 2.32 bits per heavy atom. The molecule has 4 aliphatic rings. The zero-order valence-electron chi connectivity index (χ0n) is 19.7. The third kappa shape index (κ3) is 3.24. The Morgan fingerprint density at radius 1 is 0.941 bits per heavy atom. The van der Waals surface area contributed by atoms with Gasteiger partial charge in [0.25, 0.3) is 0 Å². The highest BCUT2D eigenvalue weighted by Crippen LogP contribution is 2.59. The molecule has 0 N–H and O–H groups in total. The second-order valence-corrected chi connectivity index (χ2v) is 10.6. The molecule has 2 aromatic carbocycles. The molecule has 0 saturated heterocycles. The summed E-state index contributed by atoms with van der Waals surface area (Å²) in [6, 6.07) is 18.6. The molecule has 34 heavy (non-hydrogen) atoms. The number of hydrogen-bond donors (Lipinski definition) is 0. The van der Waals surface area contributed by atoms with Gasteiger partial charge in [-0.25, -0.2) is 4.98 Å². The molecule has 2 heterocycles. The molecule has 5 nitrogen and oxygen atoms in total. The molecule has 5 heteroatoms. The minimum absolute atomic E-state index is 0.0304. The highest BCUT2D eigenvalue weighted by Gasteiger charge is 2.56. The van der Waals surface area contributed by atoms with Gasteiger partial charge in [-0.15, -0.1) is 0 Å². The molecule has 174 valence electrons. The van der Waals surface area contributed by atoms with Gasteiger partial charge in [0.2, 0.25) is 5.91 Å². The quantitative estimate of drug-likeness (QED) is 0.501. The Labute approximate surface area is 200 Å². The molecule has 3 fully saturated rings. The molecule has 1 amide bonds. The van der Waals surface area contributed by atoms with Gasteiger partial charge in [-0.2, -0.15) is 0 Å². The third-order valence-corrected chi connectivity index (χ3v) is 8.88. The molecular weight excluding hydrogens is 422 g/mol. The van der Waals surface area contributed by atoms with Crippen molar-refractivity contribution in [3.63, 3.8) is 0 Å². The first kappa shape index (κ1) is 21.3. The van der Waals surface area contributed by atoms with Crippen molar-refractivity contribution < 1.29 is 9.59 Å². The van der Waals surface area contributed by atoms with Gasteiger partial charge >= 0.3 is 0 Å². The summed E-state index contributed by atoms with van der Waals surface area (Å²) in [7, 11) is 1.92. The van der Waals surface area contributed by atoms with Crippen LogP contribution in [0.5, 0.6) is 0 Å². The average Bonchev–Trinajstić information content (AvgIpc) is 3.48. The first-order valence-electron chi connectivity index (χ1n) is 12.5. The van der Waals surface area contributed by atoms with E-state index in [1.54, 1.807) is 0 Å². The number of nitrogens with zero attached hydrogens (tertiary/aromatic N) is 3. The molecule has 3 saturated carbocycles. The first-order chi connectivity index (χ1) is 16.5. The van der Waals surface area contributed by atoms with Crippen LogP contribution in [0.1, 0.15) is 62.1 Å². The first-order valence-corrected chi connectivity index (χ1v) is 12.5. The van der Waals surface area contributed by atoms with Crippen LogP contribution in [-0.2, 0) is 16.1 Å². The topological polar surface area (TPSA) is 55.2 Å². The molecule has 7 rings (SSSR count). The van der Waals surface area contributed by atoms with Gasteiger partial charge in [0.1, 0.15) is 5.78 Å². The number of ketones is 1. The lowest BCUT2D eigenvalue weighted by atomic mass is 9.51. The molecule has 1 aliphatic heterocycles. The maximum atomic E-state index is 13.8. The number of fused-ring (bicyclic) bond motifs is 6. The van der Waals surface area contributed by atoms with Gasteiger partial charge in [0, 0.05) is 36.4 Å². The Hall–Kier alpha value is -3.21. The van der Waals surface area contributed by atoms with Crippen molar-refractivity contribution in [3.8, 4) is 11.3 Å². The van der Waals surface area contributed by atoms with Crippen LogP contribution in [0.4, 0.5) is 0 Å². The number of imidazole rings is 1. The van der Waals surface area contributed by atoms with E-state index in [0.717, 1.165) is 49.8 Å². The number of rotatable bonds is 6. The van der Waals surface area contributed by atoms with E-state index >= 15 is 0 Å². The Kier molecular flexibility index (Phi) is 4.98. The maximum Gasteiger partial charge on any atom is 0.228 e. The standard InChI is InChI=1S/C29H31N3O2/c1-31(19-21-7-3-2-4-8-21)27(34)29-14-11-28(12-15-29,13-16-29)26(33)17-24-22-9-5-6-10-23(22)25-18-30-20-32(24)25/h2-10,18,20,24H,11-17,19H2,1H3. The SMILES string of the molecule is CN(Cc1ccccc1)C(=O)C12CCC(C(=O)CC3c4ccccc4-c4cncn43)(CC1)CC2. The molecule has 2 bridgehead atoms. The molecule has 1 unspecified atom stereocenters. The van der Waals surface area contributed by atoms with E-state index in [0.29, 0.717) is 18.7 Å². The largest absolute Gasteiger partial charge is 0.341 e. The van der Waals surface area contributed by atoms with Gasteiger partial charge in [0.15, 0.2) is 0 Å². The summed E-state index contributed by atoms with van der Waals surface area (Å²) < 4.78 is 2.16. The van der Waals surface area contributed by atoms with Crippen LogP contribution in [0.2, 0.25) is 0 Å². The van der Waals surface area contributed by atoms with Crippen LogP contribution in [0.15, 0.2) is 67.1 Å². The summed E-state index contributed by atoms with van der Waals surface area (Å²) in [4.78, 5) is 33.5. The van der Waals surface area contributed by atoms with E-state index in [1.807, 2.05) is 48.7 Å². The van der Waals surface area contributed by atoms with Crippen molar-refractivity contribution in [3.05, 3.63) is 78.2 Å². The van der Waals surface area contributed by atoms with Crippen LogP contribution < -0.4 is 0 Å². The van der Waals surface area contributed by atoms with E-state index in [1.165, 1.54) is 11.1 Å². The summed E-state index contributed by atoms with van der Waals surface area (Å²) in [6.45, 7) is 0.639. The summed E-state index contributed by atoms with van der Waals surface area (Å²) in [5.74, 6) is 0.622. The molecular formula is C29H31N3O2. The van der Waals surface area contributed by atoms with Crippen LogP contribution in [0.3, 0.4) is 0 Å². The molecule has 3 aromatic rings. The van der Waals surface area contributed by atoms with E-state index in [-0.39, 0.29) is 22.8 Å². The summed E-state index contributed by atoms with van der Waals surface area (Å²) >= 11 is 0.